The lowest BCUT2D eigenvalue weighted by Gasteiger charge is -2.04. The summed E-state index contributed by atoms with van der Waals surface area (Å²) in [6.07, 6.45) is 3.57. The van der Waals surface area contributed by atoms with Crippen LogP contribution in [-0.2, 0) is 6.61 Å². The highest BCUT2D eigenvalue weighted by molar-refractivity contribution is 7.09. The number of thiazole rings is 1. The van der Waals surface area contributed by atoms with Gasteiger partial charge in [0.2, 0.25) is 0 Å². The van der Waals surface area contributed by atoms with E-state index in [1.165, 1.54) is 0 Å². The maximum atomic E-state index is 5.67. The molecule has 0 saturated heterocycles. The Bertz CT molecular complexity index is 622. The third kappa shape index (κ3) is 2.26. The smallest absolute Gasteiger partial charge is 0.138 e. The molecule has 0 spiro atoms. The van der Waals surface area contributed by atoms with Crippen LogP contribution < -0.4 is 4.74 Å². The van der Waals surface area contributed by atoms with E-state index in [1.54, 1.807) is 23.0 Å². The Hall–Kier alpha value is -1.94. The number of aromatic nitrogens is 2. The topological polar surface area (TPSA) is 35.0 Å². The molecule has 4 heteroatoms. The molecule has 3 aromatic rings. The molecule has 84 valence electrons. The summed E-state index contributed by atoms with van der Waals surface area (Å²) in [5.41, 5.74) is 2.79. The van der Waals surface area contributed by atoms with Gasteiger partial charge in [-0.15, -0.1) is 11.3 Å². The zero-order valence-corrected chi connectivity index (χ0v) is 9.85. The van der Waals surface area contributed by atoms with Crippen LogP contribution in [0.1, 0.15) is 4.88 Å². The minimum atomic E-state index is 0.546. The molecule has 2 aromatic heterocycles. The number of para-hydroxylation sites is 1. The lowest BCUT2D eigenvalue weighted by atomic mass is 10.2. The second kappa shape index (κ2) is 4.51. The first-order valence-corrected chi connectivity index (χ1v) is 6.15. The van der Waals surface area contributed by atoms with E-state index in [4.69, 9.17) is 4.74 Å². The molecule has 0 bridgehead atoms. The molecular formula is C13H10N2OS. The predicted molar refractivity (Wildman–Crippen MR) is 68.2 cm³/mol. The molecule has 0 atom stereocenters. The molecule has 1 aromatic carbocycles. The zero-order chi connectivity index (χ0) is 11.5. The maximum absolute atomic E-state index is 5.67. The fourth-order valence-corrected chi connectivity index (χ4v) is 2.10. The van der Waals surface area contributed by atoms with Gasteiger partial charge in [0.05, 0.1) is 22.1 Å². The van der Waals surface area contributed by atoms with Crippen molar-refractivity contribution in [3.8, 4) is 5.75 Å². The van der Waals surface area contributed by atoms with Crippen LogP contribution in [0.3, 0.4) is 0 Å². The van der Waals surface area contributed by atoms with E-state index in [0.29, 0.717) is 6.61 Å². The van der Waals surface area contributed by atoms with Crippen molar-refractivity contribution in [3.05, 3.63) is 53.1 Å². The van der Waals surface area contributed by atoms with Gasteiger partial charge in [0.1, 0.15) is 12.4 Å². The summed E-state index contributed by atoms with van der Waals surface area (Å²) in [6.45, 7) is 0.546. The average Bonchev–Trinajstić information content (AvgIpc) is 2.89. The monoisotopic (exact) mass is 242 g/mol. The van der Waals surface area contributed by atoms with Crippen molar-refractivity contribution in [3.63, 3.8) is 0 Å². The lowest BCUT2D eigenvalue weighted by molar-refractivity contribution is 0.309. The number of hydrogen-bond acceptors (Lipinski definition) is 4. The highest BCUT2D eigenvalue weighted by Gasteiger charge is 2.00. The highest BCUT2D eigenvalue weighted by Crippen LogP contribution is 2.19. The van der Waals surface area contributed by atoms with Crippen molar-refractivity contribution < 1.29 is 4.74 Å². The predicted octanol–water partition coefficient (Wildman–Crippen LogP) is 3.27. The van der Waals surface area contributed by atoms with Gasteiger partial charge in [-0.05, 0) is 12.1 Å². The van der Waals surface area contributed by atoms with Gasteiger partial charge in [-0.25, -0.2) is 0 Å². The van der Waals surface area contributed by atoms with Crippen LogP contribution in [0.25, 0.3) is 10.9 Å². The van der Waals surface area contributed by atoms with E-state index < -0.39 is 0 Å². The van der Waals surface area contributed by atoms with Gasteiger partial charge in [-0.2, -0.15) is 0 Å². The van der Waals surface area contributed by atoms with Crippen molar-refractivity contribution in [2.24, 2.45) is 0 Å². The van der Waals surface area contributed by atoms with Gasteiger partial charge in [0.25, 0.3) is 0 Å². The van der Waals surface area contributed by atoms with Crippen LogP contribution in [0.5, 0.6) is 5.75 Å². The van der Waals surface area contributed by atoms with Crippen molar-refractivity contribution in [1.29, 1.82) is 0 Å². The fourth-order valence-electron chi connectivity index (χ4n) is 1.60. The molecule has 0 aliphatic heterocycles. The number of nitrogens with zero attached hydrogens (tertiary/aromatic N) is 2. The zero-order valence-electron chi connectivity index (χ0n) is 9.04. The summed E-state index contributed by atoms with van der Waals surface area (Å²) in [5, 5.41) is 1.09. The van der Waals surface area contributed by atoms with Gasteiger partial charge in [-0.3, -0.25) is 9.97 Å². The third-order valence-electron chi connectivity index (χ3n) is 2.43. The molecule has 17 heavy (non-hydrogen) atoms. The van der Waals surface area contributed by atoms with E-state index in [1.807, 2.05) is 36.5 Å². The first kappa shape index (κ1) is 10.2. The van der Waals surface area contributed by atoms with E-state index in [0.717, 1.165) is 21.5 Å². The molecule has 0 unspecified atom stereocenters. The number of ether oxygens (including phenoxy) is 1. The van der Waals surface area contributed by atoms with Crippen LogP contribution in [0.2, 0.25) is 0 Å². The van der Waals surface area contributed by atoms with Crippen molar-refractivity contribution in [1.82, 2.24) is 9.97 Å². The summed E-state index contributed by atoms with van der Waals surface area (Å²) in [5.74, 6) is 0.789. The molecule has 0 aliphatic carbocycles. The molecule has 2 heterocycles. The van der Waals surface area contributed by atoms with Crippen molar-refractivity contribution >= 4 is 22.2 Å². The molecule has 0 aliphatic rings. The summed E-state index contributed by atoms with van der Waals surface area (Å²) in [4.78, 5) is 9.46. The summed E-state index contributed by atoms with van der Waals surface area (Å²) in [7, 11) is 0. The van der Waals surface area contributed by atoms with Gasteiger partial charge >= 0.3 is 0 Å². The Balaban J connectivity index is 1.81. The van der Waals surface area contributed by atoms with E-state index in [-0.39, 0.29) is 0 Å². The molecule has 0 N–H and O–H groups in total. The average molecular weight is 242 g/mol. The number of hydrogen-bond donors (Lipinski definition) is 0. The minimum Gasteiger partial charge on any atom is -0.486 e. The van der Waals surface area contributed by atoms with Gasteiger partial charge in [-0.1, -0.05) is 18.2 Å². The van der Waals surface area contributed by atoms with E-state index >= 15 is 0 Å². The van der Waals surface area contributed by atoms with Crippen LogP contribution in [-0.4, -0.2) is 9.97 Å². The molecule has 0 amide bonds. The molecule has 3 nitrogen and oxygen atoms in total. The van der Waals surface area contributed by atoms with Gasteiger partial charge < -0.3 is 4.74 Å². The Morgan fingerprint density at radius 2 is 2.12 bits per heavy atom. The highest BCUT2D eigenvalue weighted by atomic mass is 32.1. The largest absolute Gasteiger partial charge is 0.486 e. The number of rotatable bonds is 3. The lowest BCUT2D eigenvalue weighted by Crippen LogP contribution is -1.93. The standard InChI is InChI=1S/C13H10N2OS/c1-2-4-13-10(3-1)5-11(6-15-13)16-8-12-7-14-9-17-12/h1-7,9H,8H2. The molecule has 0 fully saturated rings. The second-order valence-corrected chi connectivity index (χ2v) is 4.59. The quantitative estimate of drug-likeness (QED) is 0.707. The Labute approximate surface area is 103 Å². The first-order chi connectivity index (χ1) is 8.42. The van der Waals surface area contributed by atoms with Crippen molar-refractivity contribution in [2.75, 3.05) is 0 Å². The van der Waals surface area contributed by atoms with Crippen LogP contribution >= 0.6 is 11.3 Å². The molecular weight excluding hydrogens is 232 g/mol. The normalized spacial score (nSPS) is 10.6. The fraction of sp³-hybridized carbons (Fsp3) is 0.0769. The molecule has 0 saturated carbocycles. The number of pyridine rings is 1. The number of benzene rings is 1. The summed E-state index contributed by atoms with van der Waals surface area (Å²) in [6, 6.07) is 10.00. The van der Waals surface area contributed by atoms with Crippen LogP contribution in [0.4, 0.5) is 0 Å². The van der Waals surface area contributed by atoms with Gasteiger partial charge in [0.15, 0.2) is 0 Å². The Kier molecular flexibility index (Phi) is 2.71. The molecule has 0 radical (unpaired) electrons. The SMILES string of the molecule is c1ccc2ncc(OCc3cncs3)cc2c1. The second-order valence-electron chi connectivity index (χ2n) is 3.62. The third-order valence-corrected chi connectivity index (χ3v) is 3.18. The van der Waals surface area contributed by atoms with E-state index in [2.05, 4.69) is 9.97 Å². The first-order valence-electron chi connectivity index (χ1n) is 5.27. The summed E-state index contributed by atoms with van der Waals surface area (Å²) >= 11 is 1.59. The number of fused-ring (bicyclic) bond motifs is 1. The van der Waals surface area contributed by atoms with Crippen molar-refractivity contribution in [2.45, 2.75) is 6.61 Å². The summed E-state index contributed by atoms with van der Waals surface area (Å²) < 4.78 is 5.67. The van der Waals surface area contributed by atoms with Gasteiger partial charge in [0, 0.05) is 11.6 Å². The Morgan fingerprint density at radius 3 is 3.00 bits per heavy atom. The van der Waals surface area contributed by atoms with Crippen LogP contribution in [0, 0.1) is 0 Å². The molecule has 3 rings (SSSR count). The Morgan fingerprint density at radius 1 is 1.18 bits per heavy atom. The maximum Gasteiger partial charge on any atom is 0.138 e. The van der Waals surface area contributed by atoms with E-state index in [9.17, 15) is 0 Å². The minimum absolute atomic E-state index is 0.546. The van der Waals surface area contributed by atoms with Crippen LogP contribution in [0.15, 0.2) is 48.2 Å².